The van der Waals surface area contributed by atoms with E-state index in [1.165, 1.54) is 11.0 Å². The van der Waals surface area contributed by atoms with Gasteiger partial charge in [-0.15, -0.1) is 0 Å². The van der Waals surface area contributed by atoms with Crippen LogP contribution in [0.2, 0.25) is 0 Å². The predicted molar refractivity (Wildman–Crippen MR) is 96.4 cm³/mol. The van der Waals surface area contributed by atoms with Gasteiger partial charge in [-0.25, -0.2) is 9.38 Å². The summed E-state index contributed by atoms with van der Waals surface area (Å²) in [5.41, 5.74) is 0.679. The smallest absolute Gasteiger partial charge is 0.401 e. The summed E-state index contributed by atoms with van der Waals surface area (Å²) >= 11 is 0. The lowest BCUT2D eigenvalue weighted by Crippen LogP contribution is -2.45. The second kappa shape index (κ2) is 9.77. The minimum absolute atomic E-state index is 0.109. The van der Waals surface area contributed by atoms with Gasteiger partial charge >= 0.3 is 6.18 Å². The highest BCUT2D eigenvalue weighted by atomic mass is 19.4. The van der Waals surface area contributed by atoms with Crippen LogP contribution >= 0.6 is 0 Å². The summed E-state index contributed by atoms with van der Waals surface area (Å²) < 4.78 is 56.6. The Bertz CT molecular complexity index is 636. The number of rotatable bonds is 7. The first-order chi connectivity index (χ1) is 12.8. The summed E-state index contributed by atoms with van der Waals surface area (Å²) in [7, 11) is 0. The van der Waals surface area contributed by atoms with E-state index in [-0.39, 0.29) is 18.3 Å². The zero-order valence-electron chi connectivity index (χ0n) is 15.6. The number of halogens is 4. The molecule has 5 nitrogen and oxygen atoms in total. The monoisotopic (exact) mass is 390 g/mol. The normalized spacial score (nSPS) is 18.6. The Labute approximate surface area is 156 Å². The molecule has 0 saturated carbocycles. The van der Waals surface area contributed by atoms with Crippen molar-refractivity contribution in [3.63, 3.8) is 0 Å². The Morgan fingerprint density at radius 3 is 2.74 bits per heavy atom. The number of hydrogen-bond acceptors (Lipinski definition) is 3. The van der Waals surface area contributed by atoms with Crippen LogP contribution in [0, 0.1) is 5.82 Å². The Balaban J connectivity index is 1.93. The van der Waals surface area contributed by atoms with E-state index in [9.17, 15) is 17.6 Å². The first-order valence-corrected chi connectivity index (χ1v) is 9.06. The van der Waals surface area contributed by atoms with Crippen molar-refractivity contribution in [2.24, 2.45) is 4.99 Å². The summed E-state index contributed by atoms with van der Waals surface area (Å²) in [5, 5.41) is 6.23. The van der Waals surface area contributed by atoms with Gasteiger partial charge in [-0.3, -0.25) is 4.90 Å². The number of aliphatic imine (C=N–C) groups is 1. The fourth-order valence-corrected chi connectivity index (χ4v) is 2.95. The Kier molecular flexibility index (Phi) is 7.70. The van der Waals surface area contributed by atoms with E-state index in [1.807, 2.05) is 6.92 Å². The largest absolute Gasteiger partial charge is 0.491 e. The summed E-state index contributed by atoms with van der Waals surface area (Å²) in [4.78, 5) is 5.79. The molecular weight excluding hydrogens is 364 g/mol. The molecule has 1 unspecified atom stereocenters. The van der Waals surface area contributed by atoms with Crippen molar-refractivity contribution in [2.45, 2.75) is 39.0 Å². The summed E-state index contributed by atoms with van der Waals surface area (Å²) in [6, 6.07) is 4.57. The lowest BCUT2D eigenvalue weighted by Gasteiger charge is -2.19. The van der Waals surface area contributed by atoms with Crippen LogP contribution < -0.4 is 15.4 Å². The second-order valence-corrected chi connectivity index (χ2v) is 6.37. The van der Waals surface area contributed by atoms with E-state index < -0.39 is 18.5 Å². The van der Waals surface area contributed by atoms with Crippen molar-refractivity contribution < 1.29 is 22.3 Å². The number of nitrogens with one attached hydrogen (secondary N) is 2. The van der Waals surface area contributed by atoms with E-state index in [2.05, 4.69) is 15.6 Å². The second-order valence-electron chi connectivity index (χ2n) is 6.37. The molecule has 152 valence electrons. The first kappa shape index (κ1) is 21.3. The van der Waals surface area contributed by atoms with Crippen LogP contribution in [0.4, 0.5) is 17.6 Å². The predicted octanol–water partition coefficient (Wildman–Crippen LogP) is 2.92. The lowest BCUT2D eigenvalue weighted by atomic mass is 10.2. The zero-order chi connectivity index (χ0) is 19.9. The third kappa shape index (κ3) is 7.24. The van der Waals surface area contributed by atoms with Crippen LogP contribution in [-0.2, 0) is 6.54 Å². The molecule has 0 radical (unpaired) electrons. The van der Waals surface area contributed by atoms with Gasteiger partial charge in [-0.1, -0.05) is 6.07 Å². The summed E-state index contributed by atoms with van der Waals surface area (Å²) in [5.74, 6) is 0.262. The molecule has 1 aromatic rings. The van der Waals surface area contributed by atoms with Crippen molar-refractivity contribution >= 4 is 5.96 Å². The lowest BCUT2D eigenvalue weighted by molar-refractivity contribution is -0.143. The van der Waals surface area contributed by atoms with Gasteiger partial charge in [-0.05, 0) is 38.0 Å². The van der Waals surface area contributed by atoms with Gasteiger partial charge in [-0.2, -0.15) is 13.2 Å². The minimum Gasteiger partial charge on any atom is -0.491 e. The molecule has 1 fully saturated rings. The van der Waals surface area contributed by atoms with Gasteiger partial charge in [0.05, 0.1) is 19.7 Å². The molecule has 2 N–H and O–H groups in total. The molecule has 0 aliphatic carbocycles. The molecule has 2 rings (SSSR count). The number of alkyl halides is 3. The van der Waals surface area contributed by atoms with E-state index in [1.54, 1.807) is 19.1 Å². The topological polar surface area (TPSA) is 48.9 Å². The SMILES string of the molecule is CCNC(=NCc1ccc(OCC)c(F)c1)NC1CCN(CC(F)(F)F)C1. The number of nitrogens with zero attached hydrogens (tertiary/aromatic N) is 2. The molecule has 9 heteroatoms. The van der Waals surface area contributed by atoms with Gasteiger partial charge in [0.15, 0.2) is 17.5 Å². The molecule has 1 aliphatic rings. The van der Waals surface area contributed by atoms with E-state index >= 15 is 0 Å². The molecule has 1 aromatic carbocycles. The number of guanidine groups is 1. The van der Waals surface area contributed by atoms with Crippen molar-refractivity contribution in [3.8, 4) is 5.75 Å². The highest BCUT2D eigenvalue weighted by Crippen LogP contribution is 2.20. The third-order valence-corrected chi connectivity index (χ3v) is 4.08. The number of likely N-dealkylation sites (tertiary alicyclic amines) is 1. The number of hydrogen-bond donors (Lipinski definition) is 2. The van der Waals surface area contributed by atoms with Crippen LogP contribution in [0.5, 0.6) is 5.75 Å². The maximum atomic E-state index is 13.9. The Morgan fingerprint density at radius 2 is 2.11 bits per heavy atom. The molecule has 0 aromatic heterocycles. The highest BCUT2D eigenvalue weighted by molar-refractivity contribution is 5.80. The Morgan fingerprint density at radius 1 is 1.33 bits per heavy atom. The van der Waals surface area contributed by atoms with Crippen molar-refractivity contribution in [1.82, 2.24) is 15.5 Å². The minimum atomic E-state index is -4.19. The average molecular weight is 390 g/mol. The third-order valence-electron chi connectivity index (χ3n) is 4.08. The summed E-state index contributed by atoms with van der Waals surface area (Å²) in [6.07, 6.45) is -3.58. The molecular formula is C18H26F4N4O. The molecule has 1 aliphatic heterocycles. The maximum Gasteiger partial charge on any atom is 0.401 e. The molecule has 0 spiro atoms. The first-order valence-electron chi connectivity index (χ1n) is 9.06. The van der Waals surface area contributed by atoms with Gasteiger partial charge < -0.3 is 15.4 Å². The van der Waals surface area contributed by atoms with E-state index in [0.717, 1.165) is 0 Å². The van der Waals surface area contributed by atoms with E-state index in [4.69, 9.17) is 4.74 Å². The highest BCUT2D eigenvalue weighted by Gasteiger charge is 2.34. The maximum absolute atomic E-state index is 13.9. The van der Waals surface area contributed by atoms with Gasteiger partial charge in [0.2, 0.25) is 0 Å². The molecule has 0 bridgehead atoms. The summed E-state index contributed by atoms with van der Waals surface area (Å²) in [6.45, 7) is 4.73. The average Bonchev–Trinajstić information content (AvgIpc) is 3.00. The van der Waals surface area contributed by atoms with Gasteiger partial charge in [0, 0.05) is 25.7 Å². The zero-order valence-corrected chi connectivity index (χ0v) is 15.6. The van der Waals surface area contributed by atoms with Gasteiger partial charge in [0.25, 0.3) is 0 Å². The van der Waals surface area contributed by atoms with Gasteiger partial charge in [0.1, 0.15) is 0 Å². The van der Waals surface area contributed by atoms with Crippen molar-refractivity contribution in [2.75, 3.05) is 32.8 Å². The number of benzene rings is 1. The fraction of sp³-hybridized carbons (Fsp3) is 0.611. The molecule has 27 heavy (non-hydrogen) atoms. The van der Waals surface area contributed by atoms with Crippen molar-refractivity contribution in [1.29, 1.82) is 0 Å². The molecule has 1 saturated heterocycles. The fourth-order valence-electron chi connectivity index (χ4n) is 2.95. The van der Waals surface area contributed by atoms with E-state index in [0.29, 0.717) is 44.2 Å². The van der Waals surface area contributed by atoms with Crippen LogP contribution in [0.25, 0.3) is 0 Å². The molecule has 1 heterocycles. The van der Waals surface area contributed by atoms with Crippen LogP contribution in [0.3, 0.4) is 0 Å². The number of ether oxygens (including phenoxy) is 1. The molecule has 1 atom stereocenters. The standard InChI is InChI=1S/C18H26F4N4O/c1-3-23-17(25-14-7-8-26(11-14)12-18(20,21)22)24-10-13-5-6-16(27-4-2)15(19)9-13/h5-6,9,14H,3-4,7-8,10-12H2,1-2H3,(H2,23,24,25). The van der Waals surface area contributed by atoms with Crippen molar-refractivity contribution in [3.05, 3.63) is 29.6 Å². The van der Waals surface area contributed by atoms with Crippen LogP contribution in [0.15, 0.2) is 23.2 Å². The van der Waals surface area contributed by atoms with Crippen LogP contribution in [0.1, 0.15) is 25.8 Å². The Hall–Kier alpha value is -2.03. The molecule has 0 amide bonds. The van der Waals surface area contributed by atoms with Crippen LogP contribution in [-0.4, -0.2) is 55.9 Å². The quantitative estimate of drug-likeness (QED) is 0.427.